The number of fused-ring (bicyclic) bond motifs is 1. The van der Waals surface area contributed by atoms with Crippen molar-refractivity contribution in [1.29, 1.82) is 0 Å². The Morgan fingerprint density at radius 3 is 2.36 bits per heavy atom. The predicted molar refractivity (Wildman–Crippen MR) is 87.8 cm³/mol. The maximum Gasteiger partial charge on any atom is 0.261 e. The van der Waals surface area contributed by atoms with E-state index in [1.807, 2.05) is 11.8 Å². The minimum Gasteiger partial charge on any atom is -0.366 e. The Hall–Kier alpha value is -2.54. The smallest absolute Gasteiger partial charge is 0.261 e. The van der Waals surface area contributed by atoms with Crippen LogP contribution in [0.5, 0.6) is 0 Å². The summed E-state index contributed by atoms with van der Waals surface area (Å²) in [7, 11) is 0. The minimum absolute atomic E-state index is 0.154. The minimum atomic E-state index is -0.822. The number of benzene rings is 1. The number of amides is 2. The third-order valence-corrected chi connectivity index (χ3v) is 3.86. The number of nitrogens with two attached hydrogens (primary N) is 2. The molecular weight excluding hydrogens is 302 g/mol. The molecule has 2 heterocycles. The van der Waals surface area contributed by atoms with Crippen LogP contribution in [0, 0.1) is 0 Å². The van der Waals surface area contributed by atoms with Crippen LogP contribution in [0.25, 0.3) is 10.9 Å². The first kappa shape index (κ1) is 15.8. The van der Waals surface area contributed by atoms with Gasteiger partial charge < -0.3 is 16.5 Å². The Labute approximate surface area is 130 Å². The molecule has 0 spiro atoms. The lowest BCUT2D eigenvalue weighted by molar-refractivity contribution is 0.0992. The fourth-order valence-corrected chi connectivity index (χ4v) is 2.64. The number of hydrogen-bond donors (Lipinski definition) is 3. The van der Waals surface area contributed by atoms with E-state index < -0.39 is 17.4 Å². The fourth-order valence-electron chi connectivity index (χ4n) is 1.96. The van der Waals surface area contributed by atoms with Crippen molar-refractivity contribution < 1.29 is 9.59 Å². The highest BCUT2D eigenvalue weighted by Gasteiger charge is 2.12. The first-order chi connectivity index (χ1) is 10.5. The first-order valence-corrected chi connectivity index (χ1v) is 7.58. The third-order valence-electron chi connectivity index (χ3n) is 3.01. The molecule has 6 nitrogen and oxygen atoms in total. The van der Waals surface area contributed by atoms with Crippen LogP contribution in [-0.2, 0) is 0 Å². The summed E-state index contributed by atoms with van der Waals surface area (Å²) in [6.45, 7) is 0. The van der Waals surface area contributed by atoms with Crippen molar-refractivity contribution in [2.24, 2.45) is 11.5 Å². The largest absolute Gasteiger partial charge is 0.366 e. The highest BCUT2D eigenvalue weighted by atomic mass is 32.2. The number of hydrogen-bond acceptors (Lipinski definition) is 4. The molecule has 0 atom stereocenters. The van der Waals surface area contributed by atoms with Crippen molar-refractivity contribution in [2.45, 2.75) is 6.42 Å². The zero-order chi connectivity index (χ0) is 16.1. The van der Waals surface area contributed by atoms with Gasteiger partial charge in [-0.25, -0.2) is 0 Å². The molecule has 0 saturated carbocycles. The molecule has 7 heteroatoms. The molecule has 1 aliphatic heterocycles. The number of pyridine rings is 1. The second-order valence-electron chi connectivity index (χ2n) is 4.54. The first-order valence-electron chi connectivity index (χ1n) is 6.53. The topological polar surface area (TPSA) is 119 Å². The van der Waals surface area contributed by atoms with E-state index in [4.69, 9.17) is 11.5 Å². The number of para-hydroxylation sites is 1. The molecule has 5 N–H and O–H groups in total. The second-order valence-corrected chi connectivity index (χ2v) is 5.56. The lowest BCUT2D eigenvalue weighted by atomic mass is 10.1. The van der Waals surface area contributed by atoms with Crippen LogP contribution < -0.4 is 17.0 Å². The number of carbonyl (C=O) groups is 2. The third kappa shape index (κ3) is 3.56. The zero-order valence-electron chi connectivity index (χ0n) is 11.7. The molecule has 0 fully saturated rings. The van der Waals surface area contributed by atoms with E-state index in [1.54, 1.807) is 12.1 Å². The van der Waals surface area contributed by atoms with Crippen molar-refractivity contribution in [1.82, 2.24) is 4.98 Å². The number of nitrogens with one attached hydrogen (secondary N) is 1. The van der Waals surface area contributed by atoms with Crippen LogP contribution in [-0.4, -0.2) is 22.6 Å². The molecular formula is C15H15N3O3S. The van der Waals surface area contributed by atoms with Gasteiger partial charge in [0.15, 0.2) is 0 Å². The van der Waals surface area contributed by atoms with Gasteiger partial charge >= 0.3 is 0 Å². The Kier molecular flexibility index (Phi) is 5.00. The number of carbonyl (C=O) groups excluding carboxylic acids is 2. The quantitative estimate of drug-likeness (QED) is 0.774. The fraction of sp³-hybridized carbons (Fsp3) is 0.133. The molecule has 0 saturated heterocycles. The molecule has 114 valence electrons. The average Bonchev–Trinajstić information content (AvgIpc) is 3.04. The molecule has 2 amide bonds. The van der Waals surface area contributed by atoms with E-state index in [0.29, 0.717) is 10.9 Å². The van der Waals surface area contributed by atoms with E-state index in [1.165, 1.54) is 24.3 Å². The molecule has 0 bridgehead atoms. The predicted octanol–water partition coefficient (Wildman–Crippen LogP) is 1.36. The van der Waals surface area contributed by atoms with Gasteiger partial charge in [0.25, 0.3) is 17.4 Å². The summed E-state index contributed by atoms with van der Waals surface area (Å²) in [5.74, 6) is -0.171. The maximum atomic E-state index is 11.5. The van der Waals surface area contributed by atoms with Gasteiger partial charge in [0, 0.05) is 5.75 Å². The second kappa shape index (κ2) is 6.95. The van der Waals surface area contributed by atoms with Gasteiger partial charge in [0.2, 0.25) is 0 Å². The summed E-state index contributed by atoms with van der Waals surface area (Å²) in [6.07, 6.45) is 3.48. The van der Waals surface area contributed by atoms with Gasteiger partial charge in [-0.05, 0) is 29.3 Å². The summed E-state index contributed by atoms with van der Waals surface area (Å²) in [4.78, 5) is 36.1. The summed E-state index contributed by atoms with van der Waals surface area (Å²) in [5.41, 5.74) is 9.93. The van der Waals surface area contributed by atoms with Gasteiger partial charge in [-0.2, -0.15) is 0 Å². The van der Waals surface area contributed by atoms with Crippen molar-refractivity contribution >= 4 is 34.5 Å². The molecule has 22 heavy (non-hydrogen) atoms. The van der Waals surface area contributed by atoms with E-state index in [-0.39, 0.29) is 11.1 Å². The lowest BCUT2D eigenvalue weighted by Gasteiger charge is -2.03. The molecule has 0 unspecified atom stereocenters. The number of allylic oxidation sites excluding steroid dienone is 1. The molecule has 1 aliphatic rings. The summed E-state index contributed by atoms with van der Waals surface area (Å²) in [6, 6.07) is 6.07. The SMILES string of the molecule is C1=CSCC1.NC(=O)c1cc2cccc(C(N)=O)c2[nH]c1=O. The Bertz CT molecular complexity index is 805. The van der Waals surface area contributed by atoms with E-state index in [9.17, 15) is 14.4 Å². The molecule has 0 radical (unpaired) electrons. The standard InChI is InChI=1S/C11H9N3O3.C4H6S/c12-9(15)6-3-1-2-5-4-7(10(13)16)11(17)14-8(5)6;1-2-4-5-3-1/h1-4H,(H2,12,15)(H2,13,16)(H,14,17);1,3H,2,4H2. The number of H-pyrrole nitrogens is 1. The highest BCUT2D eigenvalue weighted by Crippen LogP contribution is 2.15. The van der Waals surface area contributed by atoms with E-state index >= 15 is 0 Å². The summed E-state index contributed by atoms with van der Waals surface area (Å²) < 4.78 is 0. The molecule has 2 aromatic rings. The summed E-state index contributed by atoms with van der Waals surface area (Å²) >= 11 is 1.89. The van der Waals surface area contributed by atoms with Crippen LogP contribution in [0.1, 0.15) is 27.1 Å². The normalized spacial score (nSPS) is 12.7. The zero-order valence-corrected chi connectivity index (χ0v) is 12.5. The lowest BCUT2D eigenvalue weighted by Crippen LogP contribution is -2.24. The summed E-state index contributed by atoms with van der Waals surface area (Å²) in [5, 5.41) is 2.68. The van der Waals surface area contributed by atoms with Crippen molar-refractivity contribution in [3.63, 3.8) is 0 Å². The number of aromatic nitrogens is 1. The average molecular weight is 317 g/mol. The Balaban J connectivity index is 0.000000299. The Morgan fingerprint density at radius 2 is 1.86 bits per heavy atom. The number of aromatic amines is 1. The molecule has 1 aromatic carbocycles. The van der Waals surface area contributed by atoms with Crippen LogP contribution in [0.4, 0.5) is 0 Å². The van der Waals surface area contributed by atoms with Gasteiger partial charge in [0.1, 0.15) is 5.56 Å². The van der Waals surface area contributed by atoms with Gasteiger partial charge in [-0.1, -0.05) is 18.2 Å². The number of rotatable bonds is 2. The van der Waals surface area contributed by atoms with Crippen LogP contribution in [0.3, 0.4) is 0 Å². The monoisotopic (exact) mass is 317 g/mol. The number of thioether (sulfide) groups is 1. The molecule has 3 rings (SSSR count). The van der Waals surface area contributed by atoms with Crippen LogP contribution in [0.15, 0.2) is 40.5 Å². The van der Waals surface area contributed by atoms with Gasteiger partial charge in [-0.3, -0.25) is 14.4 Å². The maximum absolute atomic E-state index is 11.5. The van der Waals surface area contributed by atoms with Crippen LogP contribution >= 0.6 is 11.8 Å². The van der Waals surface area contributed by atoms with Crippen molar-refractivity contribution in [2.75, 3.05) is 5.75 Å². The van der Waals surface area contributed by atoms with Crippen molar-refractivity contribution in [3.8, 4) is 0 Å². The molecule has 1 aromatic heterocycles. The number of primary amides is 2. The highest BCUT2D eigenvalue weighted by molar-refractivity contribution is 8.02. The Morgan fingerprint density at radius 1 is 1.14 bits per heavy atom. The van der Waals surface area contributed by atoms with Crippen molar-refractivity contribution in [3.05, 3.63) is 57.2 Å². The van der Waals surface area contributed by atoms with Gasteiger partial charge in [-0.15, -0.1) is 11.8 Å². The van der Waals surface area contributed by atoms with Gasteiger partial charge in [0.05, 0.1) is 11.1 Å². The van der Waals surface area contributed by atoms with E-state index in [2.05, 4.69) is 16.5 Å². The van der Waals surface area contributed by atoms with E-state index in [0.717, 1.165) is 0 Å². The van der Waals surface area contributed by atoms with Crippen LogP contribution in [0.2, 0.25) is 0 Å². The molecule has 0 aliphatic carbocycles.